The molecule has 1 spiro atoms. The molecule has 0 aliphatic heterocycles. The van der Waals surface area contributed by atoms with Gasteiger partial charge in [0.1, 0.15) is 0 Å². The number of carbonyl (C=O) groups is 1. The predicted molar refractivity (Wildman–Crippen MR) is 134 cm³/mol. The molecule has 2 aliphatic rings. The fraction of sp³-hybridized carbons (Fsp3) is 0.370. The first kappa shape index (κ1) is 22.0. The number of nitrogens with zero attached hydrogens (tertiary/aromatic N) is 2. The van der Waals surface area contributed by atoms with E-state index in [9.17, 15) is 9.59 Å². The summed E-state index contributed by atoms with van der Waals surface area (Å²) in [5.41, 5.74) is 5.96. The van der Waals surface area contributed by atoms with Crippen molar-refractivity contribution in [1.82, 2.24) is 9.55 Å². The van der Waals surface area contributed by atoms with E-state index in [-0.39, 0.29) is 22.6 Å². The average Bonchev–Trinajstić information content (AvgIpc) is 3.27. The Labute approximate surface area is 198 Å². The standard InChI is InChI=1S/C27H29N3O2S/c1-3-30-25(32)23-24(21-9-5-4-8-19(21)16-27(23)14-6-7-15-27)29-26(30)33-17-22(31)28-20-12-10-18(2)11-13-20/h4-5,8-13H,3,6-7,14-17H2,1-2H3,(H,28,31). The average molecular weight is 460 g/mol. The van der Waals surface area contributed by atoms with Gasteiger partial charge in [0, 0.05) is 23.2 Å². The van der Waals surface area contributed by atoms with Gasteiger partial charge in [0.2, 0.25) is 5.91 Å². The molecule has 0 bridgehead atoms. The van der Waals surface area contributed by atoms with E-state index in [0.29, 0.717) is 11.7 Å². The normalized spacial score (nSPS) is 15.8. The Balaban J connectivity index is 1.49. The summed E-state index contributed by atoms with van der Waals surface area (Å²) >= 11 is 1.33. The molecule has 0 saturated heterocycles. The van der Waals surface area contributed by atoms with Crippen LogP contribution < -0.4 is 10.9 Å². The van der Waals surface area contributed by atoms with E-state index in [4.69, 9.17) is 4.98 Å². The van der Waals surface area contributed by atoms with Crippen LogP contribution in [-0.2, 0) is 23.2 Å². The molecule has 170 valence electrons. The van der Waals surface area contributed by atoms with Gasteiger partial charge in [-0.25, -0.2) is 4.98 Å². The molecule has 0 radical (unpaired) electrons. The fourth-order valence-electron chi connectivity index (χ4n) is 5.40. The van der Waals surface area contributed by atoms with Crippen LogP contribution in [0.25, 0.3) is 11.3 Å². The molecule has 1 fully saturated rings. The Kier molecular flexibility index (Phi) is 5.87. The zero-order valence-electron chi connectivity index (χ0n) is 19.2. The molecule has 0 atom stereocenters. The van der Waals surface area contributed by atoms with Gasteiger partial charge in [-0.2, -0.15) is 0 Å². The van der Waals surface area contributed by atoms with Gasteiger partial charge >= 0.3 is 0 Å². The van der Waals surface area contributed by atoms with E-state index in [1.165, 1.54) is 17.3 Å². The summed E-state index contributed by atoms with van der Waals surface area (Å²) in [6, 6.07) is 16.1. The van der Waals surface area contributed by atoms with Crippen molar-refractivity contribution < 1.29 is 4.79 Å². The second-order valence-corrected chi connectivity index (χ2v) is 10.1. The lowest BCUT2D eigenvalue weighted by molar-refractivity contribution is -0.113. The molecule has 33 heavy (non-hydrogen) atoms. The largest absolute Gasteiger partial charge is 0.325 e. The maximum absolute atomic E-state index is 13.8. The van der Waals surface area contributed by atoms with Crippen molar-refractivity contribution in [3.05, 3.63) is 75.6 Å². The predicted octanol–water partition coefficient (Wildman–Crippen LogP) is 5.34. The molecule has 2 aromatic carbocycles. The van der Waals surface area contributed by atoms with Gasteiger partial charge in [0.15, 0.2) is 5.16 Å². The second kappa shape index (κ2) is 8.82. The second-order valence-electron chi connectivity index (χ2n) is 9.19. The minimum absolute atomic E-state index is 0.0698. The van der Waals surface area contributed by atoms with Crippen LogP contribution in [0.5, 0.6) is 0 Å². The summed E-state index contributed by atoms with van der Waals surface area (Å²) in [6.45, 7) is 4.53. The smallest absolute Gasteiger partial charge is 0.258 e. The number of benzene rings is 2. The number of carbonyl (C=O) groups excluding carboxylic acids is 1. The number of hydrogen-bond donors (Lipinski definition) is 1. The molecule has 0 unspecified atom stereocenters. The molecule has 1 N–H and O–H groups in total. The lowest BCUT2D eigenvalue weighted by atomic mass is 9.68. The molecule has 3 aromatic rings. The molecular formula is C27H29N3O2S. The number of amides is 1. The van der Waals surface area contributed by atoms with Crippen molar-refractivity contribution in [2.75, 3.05) is 11.1 Å². The Morgan fingerprint density at radius 3 is 2.58 bits per heavy atom. The molecule has 5 nitrogen and oxygen atoms in total. The molecule has 1 aromatic heterocycles. The van der Waals surface area contributed by atoms with Gasteiger partial charge in [-0.1, -0.05) is 66.6 Å². The first-order valence-corrected chi connectivity index (χ1v) is 12.7. The number of thioether (sulfide) groups is 1. The number of nitrogens with one attached hydrogen (secondary N) is 1. The van der Waals surface area contributed by atoms with E-state index in [1.807, 2.05) is 44.2 Å². The third-order valence-corrected chi connectivity index (χ3v) is 7.99. The third-order valence-electron chi connectivity index (χ3n) is 7.01. The van der Waals surface area contributed by atoms with Crippen LogP contribution in [0.4, 0.5) is 5.69 Å². The van der Waals surface area contributed by atoms with E-state index in [1.54, 1.807) is 4.57 Å². The zero-order chi connectivity index (χ0) is 23.0. The number of aromatic nitrogens is 2. The summed E-state index contributed by atoms with van der Waals surface area (Å²) < 4.78 is 1.76. The first-order valence-electron chi connectivity index (χ1n) is 11.7. The molecule has 1 amide bonds. The maximum Gasteiger partial charge on any atom is 0.258 e. The van der Waals surface area contributed by atoms with Crippen LogP contribution in [0.3, 0.4) is 0 Å². The number of anilines is 1. The molecule has 6 heteroatoms. The van der Waals surface area contributed by atoms with Crippen molar-refractivity contribution in [3.63, 3.8) is 0 Å². The first-order chi connectivity index (χ1) is 16.0. The Bertz CT molecular complexity index is 1260. The van der Waals surface area contributed by atoms with E-state index in [0.717, 1.165) is 60.2 Å². The Hall–Kier alpha value is -2.86. The minimum atomic E-state index is -0.105. The topological polar surface area (TPSA) is 64.0 Å². The van der Waals surface area contributed by atoms with Crippen molar-refractivity contribution in [2.24, 2.45) is 0 Å². The number of aryl methyl sites for hydroxylation is 1. The zero-order valence-corrected chi connectivity index (χ0v) is 20.0. The van der Waals surface area contributed by atoms with Gasteiger partial charge in [-0.15, -0.1) is 0 Å². The minimum Gasteiger partial charge on any atom is -0.325 e. The van der Waals surface area contributed by atoms with Crippen molar-refractivity contribution in [3.8, 4) is 11.3 Å². The van der Waals surface area contributed by atoms with E-state index >= 15 is 0 Å². The van der Waals surface area contributed by atoms with Crippen molar-refractivity contribution in [1.29, 1.82) is 0 Å². The monoisotopic (exact) mass is 459 g/mol. The van der Waals surface area contributed by atoms with Gasteiger partial charge in [-0.3, -0.25) is 14.2 Å². The maximum atomic E-state index is 13.8. The van der Waals surface area contributed by atoms with Gasteiger partial charge in [0.05, 0.1) is 17.0 Å². The van der Waals surface area contributed by atoms with Crippen LogP contribution in [0.2, 0.25) is 0 Å². The Morgan fingerprint density at radius 1 is 1.12 bits per heavy atom. The highest BCUT2D eigenvalue weighted by molar-refractivity contribution is 7.99. The SMILES string of the molecule is CCn1c(SCC(=O)Nc2ccc(C)cc2)nc2c(c1=O)C1(CCCC1)Cc1ccccc1-2. The van der Waals surface area contributed by atoms with E-state index < -0.39 is 0 Å². The van der Waals surface area contributed by atoms with Gasteiger partial charge in [0.25, 0.3) is 5.56 Å². The fourth-order valence-corrected chi connectivity index (χ4v) is 6.25. The lowest BCUT2D eigenvalue weighted by Gasteiger charge is -2.36. The number of rotatable bonds is 5. The lowest BCUT2D eigenvalue weighted by Crippen LogP contribution is -2.40. The summed E-state index contributed by atoms with van der Waals surface area (Å²) in [6.07, 6.45) is 5.31. The van der Waals surface area contributed by atoms with Gasteiger partial charge < -0.3 is 5.32 Å². The number of hydrogen-bond acceptors (Lipinski definition) is 4. The summed E-state index contributed by atoms with van der Waals surface area (Å²) in [5.74, 6) is 0.0949. The molecule has 2 aliphatic carbocycles. The quantitative estimate of drug-likeness (QED) is 0.413. The molecule has 1 saturated carbocycles. The van der Waals surface area contributed by atoms with E-state index in [2.05, 4.69) is 23.5 Å². The van der Waals surface area contributed by atoms with Crippen molar-refractivity contribution in [2.45, 2.75) is 63.1 Å². The van der Waals surface area contributed by atoms with Crippen LogP contribution in [0.1, 0.15) is 49.3 Å². The molecular weight excluding hydrogens is 430 g/mol. The third kappa shape index (κ3) is 4.01. The van der Waals surface area contributed by atoms with Gasteiger partial charge in [-0.05, 0) is 50.8 Å². The highest BCUT2D eigenvalue weighted by atomic mass is 32.2. The highest BCUT2D eigenvalue weighted by Crippen LogP contribution is 2.49. The molecule has 5 rings (SSSR count). The number of fused-ring (bicyclic) bond motifs is 4. The highest BCUT2D eigenvalue weighted by Gasteiger charge is 2.44. The van der Waals surface area contributed by atoms with Crippen LogP contribution in [0, 0.1) is 6.92 Å². The van der Waals surface area contributed by atoms with Crippen LogP contribution >= 0.6 is 11.8 Å². The summed E-state index contributed by atoms with van der Waals surface area (Å²) in [5, 5.41) is 3.55. The van der Waals surface area contributed by atoms with Crippen molar-refractivity contribution >= 4 is 23.4 Å². The summed E-state index contributed by atoms with van der Waals surface area (Å²) in [4.78, 5) is 31.5. The van der Waals surface area contributed by atoms with Crippen LogP contribution in [-0.4, -0.2) is 21.2 Å². The Morgan fingerprint density at radius 2 is 1.85 bits per heavy atom. The van der Waals surface area contributed by atoms with Crippen LogP contribution in [0.15, 0.2) is 58.5 Å². The molecule has 1 heterocycles. The summed E-state index contributed by atoms with van der Waals surface area (Å²) in [7, 11) is 0.